The van der Waals surface area contributed by atoms with E-state index >= 15 is 0 Å². The van der Waals surface area contributed by atoms with Gasteiger partial charge in [-0.3, -0.25) is 9.58 Å². The molecule has 0 bridgehead atoms. The standard InChI is InChI=1S/C17H22N4O/c1-13-17(14(2)21(19-13)7-8-22)12-20(3)11-16-6-4-5-15(9-16)10-18/h4-6,9,22H,7-8,11-12H2,1-3H3. The minimum absolute atomic E-state index is 0.0954. The van der Waals surface area contributed by atoms with E-state index in [0.717, 1.165) is 30.0 Å². The molecule has 0 aliphatic carbocycles. The number of nitriles is 1. The Balaban J connectivity index is 2.09. The Morgan fingerprint density at radius 1 is 1.32 bits per heavy atom. The molecule has 1 N–H and O–H groups in total. The largest absolute Gasteiger partial charge is 0.394 e. The third-order valence-electron chi connectivity index (χ3n) is 3.78. The number of aliphatic hydroxyl groups excluding tert-OH is 1. The maximum absolute atomic E-state index is 9.07. The highest BCUT2D eigenvalue weighted by Gasteiger charge is 2.13. The number of benzene rings is 1. The van der Waals surface area contributed by atoms with Crippen molar-refractivity contribution in [2.75, 3.05) is 13.7 Å². The van der Waals surface area contributed by atoms with Gasteiger partial charge in [-0.1, -0.05) is 12.1 Å². The van der Waals surface area contributed by atoms with Gasteiger partial charge in [0.05, 0.1) is 30.5 Å². The van der Waals surface area contributed by atoms with Gasteiger partial charge in [0.1, 0.15) is 0 Å². The number of aryl methyl sites for hydroxylation is 1. The van der Waals surface area contributed by atoms with Gasteiger partial charge in [-0.05, 0) is 38.6 Å². The molecule has 0 aliphatic heterocycles. The SMILES string of the molecule is Cc1nn(CCO)c(C)c1CN(C)Cc1cccc(C#N)c1. The molecule has 5 heteroatoms. The summed E-state index contributed by atoms with van der Waals surface area (Å²) in [5.41, 5.74) is 5.12. The van der Waals surface area contributed by atoms with Crippen molar-refractivity contribution in [3.8, 4) is 6.07 Å². The lowest BCUT2D eigenvalue weighted by Gasteiger charge is -2.17. The molecule has 0 atom stereocenters. The molecule has 0 radical (unpaired) electrons. The van der Waals surface area contributed by atoms with Crippen molar-refractivity contribution in [2.45, 2.75) is 33.5 Å². The third-order valence-corrected chi connectivity index (χ3v) is 3.78. The van der Waals surface area contributed by atoms with E-state index in [1.807, 2.05) is 42.8 Å². The minimum Gasteiger partial charge on any atom is -0.394 e. The van der Waals surface area contributed by atoms with E-state index in [4.69, 9.17) is 10.4 Å². The van der Waals surface area contributed by atoms with Gasteiger partial charge in [-0.15, -0.1) is 0 Å². The molecule has 0 spiro atoms. The molecule has 1 aromatic heterocycles. The zero-order chi connectivity index (χ0) is 16.1. The van der Waals surface area contributed by atoms with Crippen LogP contribution >= 0.6 is 0 Å². The van der Waals surface area contributed by atoms with Crippen LogP contribution in [0.4, 0.5) is 0 Å². The van der Waals surface area contributed by atoms with Crippen LogP contribution in [0.25, 0.3) is 0 Å². The number of hydrogen-bond donors (Lipinski definition) is 1. The van der Waals surface area contributed by atoms with Gasteiger partial charge in [0.25, 0.3) is 0 Å². The van der Waals surface area contributed by atoms with Crippen LogP contribution in [-0.4, -0.2) is 33.4 Å². The van der Waals surface area contributed by atoms with E-state index in [2.05, 4.69) is 23.1 Å². The van der Waals surface area contributed by atoms with Crippen molar-refractivity contribution in [1.29, 1.82) is 5.26 Å². The fourth-order valence-electron chi connectivity index (χ4n) is 2.65. The van der Waals surface area contributed by atoms with E-state index in [-0.39, 0.29) is 6.61 Å². The highest BCUT2D eigenvalue weighted by atomic mass is 16.3. The summed E-state index contributed by atoms with van der Waals surface area (Å²) in [7, 11) is 2.06. The molecule has 116 valence electrons. The van der Waals surface area contributed by atoms with Gasteiger partial charge in [0, 0.05) is 24.3 Å². The highest BCUT2D eigenvalue weighted by Crippen LogP contribution is 2.16. The first-order chi connectivity index (χ1) is 10.5. The number of hydrogen-bond acceptors (Lipinski definition) is 4. The Kier molecular flexibility index (Phi) is 5.31. The third kappa shape index (κ3) is 3.73. The van der Waals surface area contributed by atoms with Crippen LogP contribution in [0.3, 0.4) is 0 Å². The Morgan fingerprint density at radius 2 is 2.09 bits per heavy atom. The molecule has 0 unspecified atom stereocenters. The predicted molar refractivity (Wildman–Crippen MR) is 85.1 cm³/mol. The lowest BCUT2D eigenvalue weighted by atomic mass is 10.1. The van der Waals surface area contributed by atoms with Crippen LogP contribution in [0.15, 0.2) is 24.3 Å². The maximum atomic E-state index is 9.07. The van der Waals surface area contributed by atoms with Gasteiger partial charge < -0.3 is 5.11 Å². The summed E-state index contributed by atoms with van der Waals surface area (Å²) in [5.74, 6) is 0. The summed E-state index contributed by atoms with van der Waals surface area (Å²) in [6.45, 7) is 6.23. The van der Waals surface area contributed by atoms with Gasteiger partial charge in [-0.2, -0.15) is 10.4 Å². The molecule has 5 nitrogen and oxygen atoms in total. The second-order valence-electron chi connectivity index (χ2n) is 5.58. The van der Waals surface area contributed by atoms with Crippen molar-refractivity contribution >= 4 is 0 Å². The average Bonchev–Trinajstić information content (AvgIpc) is 2.75. The van der Waals surface area contributed by atoms with Crippen molar-refractivity contribution in [1.82, 2.24) is 14.7 Å². The first-order valence-electron chi connectivity index (χ1n) is 7.36. The van der Waals surface area contributed by atoms with Crippen molar-refractivity contribution < 1.29 is 5.11 Å². The summed E-state index contributed by atoms with van der Waals surface area (Å²) in [6, 6.07) is 9.86. The lowest BCUT2D eigenvalue weighted by Crippen LogP contribution is -2.18. The molecule has 0 aliphatic rings. The summed E-state index contributed by atoms with van der Waals surface area (Å²) in [6.07, 6.45) is 0. The van der Waals surface area contributed by atoms with E-state index in [0.29, 0.717) is 12.1 Å². The monoisotopic (exact) mass is 298 g/mol. The summed E-state index contributed by atoms with van der Waals surface area (Å²) < 4.78 is 1.86. The molecule has 1 heterocycles. The quantitative estimate of drug-likeness (QED) is 0.886. The Bertz CT molecular complexity index is 684. The van der Waals surface area contributed by atoms with Crippen LogP contribution in [-0.2, 0) is 19.6 Å². The zero-order valence-corrected chi connectivity index (χ0v) is 13.4. The fraction of sp³-hybridized carbons (Fsp3) is 0.412. The second kappa shape index (κ2) is 7.21. The Labute approximate surface area is 131 Å². The average molecular weight is 298 g/mol. The molecule has 0 amide bonds. The molecule has 0 fully saturated rings. The van der Waals surface area contributed by atoms with Crippen molar-refractivity contribution in [3.05, 3.63) is 52.3 Å². The van der Waals surface area contributed by atoms with Crippen LogP contribution in [0.1, 0.15) is 28.1 Å². The lowest BCUT2D eigenvalue weighted by molar-refractivity contribution is 0.267. The molecule has 22 heavy (non-hydrogen) atoms. The van der Waals surface area contributed by atoms with E-state index in [1.165, 1.54) is 5.56 Å². The van der Waals surface area contributed by atoms with Crippen LogP contribution in [0.5, 0.6) is 0 Å². The van der Waals surface area contributed by atoms with Gasteiger partial charge in [0.15, 0.2) is 0 Å². The smallest absolute Gasteiger partial charge is 0.0991 e. The zero-order valence-electron chi connectivity index (χ0n) is 13.4. The van der Waals surface area contributed by atoms with Gasteiger partial charge in [0.2, 0.25) is 0 Å². The predicted octanol–water partition coefficient (Wildman–Crippen LogP) is 2.00. The number of aromatic nitrogens is 2. The van der Waals surface area contributed by atoms with E-state index in [9.17, 15) is 0 Å². The van der Waals surface area contributed by atoms with Gasteiger partial charge in [-0.25, -0.2) is 0 Å². The first kappa shape index (κ1) is 16.2. The number of nitrogens with zero attached hydrogens (tertiary/aromatic N) is 4. The Hall–Kier alpha value is -2.16. The molecular weight excluding hydrogens is 276 g/mol. The first-order valence-corrected chi connectivity index (χ1v) is 7.36. The second-order valence-corrected chi connectivity index (χ2v) is 5.58. The molecular formula is C17H22N4O. The van der Waals surface area contributed by atoms with Gasteiger partial charge >= 0.3 is 0 Å². The fourth-order valence-corrected chi connectivity index (χ4v) is 2.65. The van der Waals surface area contributed by atoms with Crippen LogP contribution in [0.2, 0.25) is 0 Å². The van der Waals surface area contributed by atoms with E-state index in [1.54, 1.807) is 0 Å². The highest BCUT2D eigenvalue weighted by molar-refractivity contribution is 5.32. The van der Waals surface area contributed by atoms with E-state index < -0.39 is 0 Å². The number of aliphatic hydroxyl groups is 1. The molecule has 0 saturated carbocycles. The Morgan fingerprint density at radius 3 is 2.77 bits per heavy atom. The van der Waals surface area contributed by atoms with Crippen molar-refractivity contribution in [2.24, 2.45) is 0 Å². The maximum Gasteiger partial charge on any atom is 0.0991 e. The number of rotatable bonds is 6. The molecule has 2 aromatic rings. The normalized spacial score (nSPS) is 10.9. The molecule has 0 saturated heterocycles. The molecule has 1 aromatic carbocycles. The molecule has 2 rings (SSSR count). The summed E-state index contributed by atoms with van der Waals surface area (Å²) in [4.78, 5) is 2.21. The topological polar surface area (TPSA) is 65.1 Å². The van der Waals surface area contributed by atoms with Crippen LogP contribution < -0.4 is 0 Å². The van der Waals surface area contributed by atoms with Crippen molar-refractivity contribution in [3.63, 3.8) is 0 Å². The summed E-state index contributed by atoms with van der Waals surface area (Å²) in [5, 5.41) is 22.5. The van der Waals surface area contributed by atoms with Crippen LogP contribution in [0, 0.1) is 25.2 Å². The summed E-state index contributed by atoms with van der Waals surface area (Å²) >= 11 is 0. The minimum atomic E-state index is 0.0954.